The van der Waals surface area contributed by atoms with Crippen LogP contribution in [0.25, 0.3) is 20.8 Å². The van der Waals surface area contributed by atoms with Gasteiger partial charge in [-0.05, 0) is 30.3 Å². The largest absolute Gasteiger partial charge is 0.399 e. The number of amides is 1. The predicted molar refractivity (Wildman–Crippen MR) is 78.0 cm³/mol. The van der Waals surface area contributed by atoms with Crippen LogP contribution in [-0.4, -0.2) is 10.9 Å². The number of nitrogens with zero attached hydrogens (tertiary/aromatic N) is 1. The molecule has 0 saturated carbocycles. The molecule has 5 heteroatoms. The van der Waals surface area contributed by atoms with Gasteiger partial charge in [-0.1, -0.05) is 12.1 Å². The van der Waals surface area contributed by atoms with Crippen molar-refractivity contribution >= 4 is 33.1 Å². The fraction of sp³-hybridized carbons (Fsp3) is 0. The normalized spacial score (nSPS) is 10.7. The van der Waals surface area contributed by atoms with Gasteiger partial charge in [0.2, 0.25) is 5.91 Å². The van der Waals surface area contributed by atoms with Gasteiger partial charge in [-0.15, -0.1) is 11.3 Å². The number of carbonyl (C=O) groups excluding carboxylic acids is 1. The molecular formula is C14H11N3OS. The highest BCUT2D eigenvalue weighted by Crippen LogP contribution is 2.31. The van der Waals surface area contributed by atoms with Crippen LogP contribution in [0.5, 0.6) is 0 Å². The van der Waals surface area contributed by atoms with Crippen molar-refractivity contribution in [2.75, 3.05) is 5.73 Å². The standard InChI is InChI=1S/C14H11N3OS/c15-10-3-1-2-9(6-10)14-17-11-5-4-8(13(16)18)7-12(11)19-14/h1-7H,15H2,(H2,16,18). The zero-order valence-electron chi connectivity index (χ0n) is 9.96. The van der Waals surface area contributed by atoms with Crippen LogP contribution in [0.2, 0.25) is 0 Å². The van der Waals surface area contributed by atoms with Crippen LogP contribution in [0.15, 0.2) is 42.5 Å². The molecule has 3 aromatic rings. The van der Waals surface area contributed by atoms with Gasteiger partial charge >= 0.3 is 0 Å². The summed E-state index contributed by atoms with van der Waals surface area (Å²) in [6.07, 6.45) is 0. The van der Waals surface area contributed by atoms with Gasteiger partial charge in [-0.25, -0.2) is 4.98 Å². The van der Waals surface area contributed by atoms with Crippen LogP contribution in [-0.2, 0) is 0 Å². The Morgan fingerprint density at radius 1 is 1.16 bits per heavy atom. The van der Waals surface area contributed by atoms with Crippen LogP contribution in [0.3, 0.4) is 0 Å². The summed E-state index contributed by atoms with van der Waals surface area (Å²) >= 11 is 1.52. The molecule has 4 nitrogen and oxygen atoms in total. The van der Waals surface area contributed by atoms with E-state index in [-0.39, 0.29) is 0 Å². The topological polar surface area (TPSA) is 82.0 Å². The number of rotatable bonds is 2. The molecule has 3 rings (SSSR count). The van der Waals surface area contributed by atoms with Crippen molar-refractivity contribution in [2.24, 2.45) is 5.73 Å². The number of hydrogen-bond acceptors (Lipinski definition) is 4. The average molecular weight is 269 g/mol. The molecule has 0 atom stereocenters. The molecule has 0 spiro atoms. The van der Waals surface area contributed by atoms with Crippen molar-refractivity contribution in [2.45, 2.75) is 0 Å². The van der Waals surface area contributed by atoms with Crippen molar-refractivity contribution < 1.29 is 4.79 Å². The maximum atomic E-state index is 11.2. The van der Waals surface area contributed by atoms with Crippen LogP contribution >= 0.6 is 11.3 Å². The van der Waals surface area contributed by atoms with Gasteiger partial charge in [0.1, 0.15) is 5.01 Å². The summed E-state index contributed by atoms with van der Waals surface area (Å²) in [5.41, 5.74) is 14.1. The molecule has 1 amide bonds. The summed E-state index contributed by atoms with van der Waals surface area (Å²) < 4.78 is 0.939. The van der Waals surface area contributed by atoms with Gasteiger partial charge in [-0.2, -0.15) is 0 Å². The summed E-state index contributed by atoms with van der Waals surface area (Å²) in [6.45, 7) is 0. The smallest absolute Gasteiger partial charge is 0.248 e. The van der Waals surface area contributed by atoms with E-state index in [1.165, 1.54) is 11.3 Å². The Balaban J connectivity index is 2.14. The van der Waals surface area contributed by atoms with Crippen molar-refractivity contribution in [3.8, 4) is 10.6 Å². The number of carbonyl (C=O) groups is 1. The van der Waals surface area contributed by atoms with Crippen molar-refractivity contribution in [1.82, 2.24) is 4.98 Å². The molecule has 4 N–H and O–H groups in total. The summed E-state index contributed by atoms with van der Waals surface area (Å²) in [7, 11) is 0. The number of thiazole rings is 1. The van der Waals surface area contributed by atoms with E-state index >= 15 is 0 Å². The maximum absolute atomic E-state index is 11.2. The van der Waals surface area contributed by atoms with Crippen molar-refractivity contribution in [3.05, 3.63) is 48.0 Å². The number of hydrogen-bond donors (Lipinski definition) is 2. The molecule has 0 aliphatic carbocycles. The fourth-order valence-electron chi connectivity index (χ4n) is 1.87. The molecule has 0 unspecified atom stereocenters. The number of benzene rings is 2. The molecule has 94 valence electrons. The number of aromatic nitrogens is 1. The van der Waals surface area contributed by atoms with E-state index in [1.54, 1.807) is 12.1 Å². The molecule has 0 bridgehead atoms. The lowest BCUT2D eigenvalue weighted by molar-refractivity contribution is 0.100. The molecule has 0 radical (unpaired) electrons. The lowest BCUT2D eigenvalue weighted by atomic mass is 10.2. The zero-order chi connectivity index (χ0) is 13.4. The molecule has 0 aliphatic rings. The molecule has 0 fully saturated rings. The predicted octanol–water partition coefficient (Wildman–Crippen LogP) is 2.64. The van der Waals surface area contributed by atoms with E-state index in [4.69, 9.17) is 11.5 Å². The highest BCUT2D eigenvalue weighted by Gasteiger charge is 2.08. The highest BCUT2D eigenvalue weighted by atomic mass is 32.1. The number of fused-ring (bicyclic) bond motifs is 1. The minimum atomic E-state index is -0.430. The monoisotopic (exact) mass is 269 g/mol. The number of nitrogen functional groups attached to an aromatic ring is 1. The minimum Gasteiger partial charge on any atom is -0.399 e. The van der Waals surface area contributed by atoms with E-state index in [1.807, 2.05) is 30.3 Å². The Morgan fingerprint density at radius 3 is 2.74 bits per heavy atom. The maximum Gasteiger partial charge on any atom is 0.248 e. The summed E-state index contributed by atoms with van der Waals surface area (Å²) in [5, 5.41) is 0.879. The van der Waals surface area contributed by atoms with Gasteiger partial charge in [-0.3, -0.25) is 4.79 Å². The molecule has 1 aromatic heterocycles. The summed E-state index contributed by atoms with van der Waals surface area (Å²) in [5.74, 6) is -0.430. The number of anilines is 1. The van der Waals surface area contributed by atoms with Crippen LogP contribution in [0.4, 0.5) is 5.69 Å². The first-order chi connectivity index (χ1) is 9.13. The molecule has 0 saturated heterocycles. The van der Waals surface area contributed by atoms with Crippen molar-refractivity contribution in [3.63, 3.8) is 0 Å². The third-order valence-corrected chi connectivity index (χ3v) is 3.87. The Kier molecular flexibility index (Phi) is 2.68. The second-order valence-corrected chi connectivity index (χ2v) is 5.22. The van der Waals surface area contributed by atoms with Gasteiger partial charge < -0.3 is 11.5 Å². The first kappa shape index (κ1) is 11.7. The third-order valence-electron chi connectivity index (χ3n) is 2.81. The quantitative estimate of drug-likeness (QED) is 0.702. The minimum absolute atomic E-state index is 0.430. The first-order valence-corrected chi connectivity index (χ1v) is 6.51. The van der Waals surface area contributed by atoms with E-state index in [9.17, 15) is 4.79 Å². The van der Waals surface area contributed by atoms with Gasteiger partial charge in [0.25, 0.3) is 0 Å². The number of primary amides is 1. The fourth-order valence-corrected chi connectivity index (χ4v) is 2.87. The van der Waals surface area contributed by atoms with Gasteiger partial charge in [0.15, 0.2) is 0 Å². The molecule has 1 heterocycles. The Labute approximate surface area is 113 Å². The third kappa shape index (κ3) is 2.15. The molecule has 19 heavy (non-hydrogen) atoms. The van der Waals surface area contributed by atoms with Crippen LogP contribution < -0.4 is 11.5 Å². The Bertz CT molecular complexity index is 779. The van der Waals surface area contributed by atoms with Gasteiger partial charge in [0.05, 0.1) is 10.2 Å². The van der Waals surface area contributed by atoms with Gasteiger partial charge in [0, 0.05) is 16.8 Å². The van der Waals surface area contributed by atoms with E-state index in [2.05, 4.69) is 4.98 Å². The van der Waals surface area contributed by atoms with E-state index in [0.29, 0.717) is 11.3 Å². The second kappa shape index (κ2) is 4.37. The highest BCUT2D eigenvalue weighted by molar-refractivity contribution is 7.21. The van der Waals surface area contributed by atoms with Crippen molar-refractivity contribution in [1.29, 1.82) is 0 Å². The molecule has 0 aliphatic heterocycles. The zero-order valence-corrected chi connectivity index (χ0v) is 10.8. The Morgan fingerprint density at radius 2 is 2.00 bits per heavy atom. The average Bonchev–Trinajstić information content (AvgIpc) is 2.81. The summed E-state index contributed by atoms with van der Waals surface area (Å²) in [6, 6.07) is 12.8. The lowest BCUT2D eigenvalue weighted by Gasteiger charge is -1.96. The molecule has 2 aromatic carbocycles. The summed E-state index contributed by atoms with van der Waals surface area (Å²) in [4.78, 5) is 15.7. The first-order valence-electron chi connectivity index (χ1n) is 5.70. The van der Waals surface area contributed by atoms with E-state index < -0.39 is 5.91 Å². The number of nitrogens with two attached hydrogens (primary N) is 2. The van der Waals surface area contributed by atoms with Crippen LogP contribution in [0, 0.1) is 0 Å². The lowest BCUT2D eigenvalue weighted by Crippen LogP contribution is -2.10. The Hall–Kier alpha value is -2.40. The van der Waals surface area contributed by atoms with Crippen LogP contribution in [0.1, 0.15) is 10.4 Å². The molecular weight excluding hydrogens is 258 g/mol. The second-order valence-electron chi connectivity index (χ2n) is 4.19. The van der Waals surface area contributed by atoms with E-state index in [0.717, 1.165) is 20.8 Å². The SMILES string of the molecule is NC(=O)c1ccc2nc(-c3cccc(N)c3)sc2c1.